The van der Waals surface area contributed by atoms with Crippen LogP contribution < -0.4 is 5.32 Å². The van der Waals surface area contributed by atoms with Crippen LogP contribution in [0.5, 0.6) is 0 Å². The number of rotatable bonds is 2. The van der Waals surface area contributed by atoms with Gasteiger partial charge in [0, 0.05) is 32.1 Å². The van der Waals surface area contributed by atoms with Gasteiger partial charge >= 0.3 is 0 Å². The zero-order valence-corrected chi connectivity index (χ0v) is 10.5. The summed E-state index contributed by atoms with van der Waals surface area (Å²) in [5.41, 5.74) is 0.259. The Morgan fingerprint density at radius 2 is 2.13 bits per heavy atom. The predicted molar refractivity (Wildman–Crippen MR) is 62.7 cm³/mol. The van der Waals surface area contributed by atoms with Gasteiger partial charge in [-0.05, 0) is 18.8 Å². The summed E-state index contributed by atoms with van der Waals surface area (Å²) < 4.78 is 0. The maximum absolute atomic E-state index is 11.9. The van der Waals surface area contributed by atoms with Crippen molar-refractivity contribution in [1.82, 2.24) is 10.2 Å². The molecule has 1 unspecified atom stereocenters. The highest BCUT2D eigenvalue weighted by Crippen LogP contribution is 2.21. The van der Waals surface area contributed by atoms with E-state index in [1.165, 1.54) is 0 Å². The molecule has 1 fully saturated rings. The van der Waals surface area contributed by atoms with Crippen molar-refractivity contribution in [2.45, 2.75) is 46.6 Å². The van der Waals surface area contributed by atoms with E-state index in [-0.39, 0.29) is 5.41 Å². The van der Waals surface area contributed by atoms with Crippen molar-refractivity contribution in [3.8, 4) is 0 Å². The van der Waals surface area contributed by atoms with Gasteiger partial charge in [0.15, 0.2) is 0 Å². The van der Waals surface area contributed by atoms with Crippen LogP contribution in [-0.2, 0) is 4.79 Å². The third kappa shape index (κ3) is 4.65. The summed E-state index contributed by atoms with van der Waals surface area (Å²) in [6.45, 7) is 11.3. The summed E-state index contributed by atoms with van der Waals surface area (Å²) in [4.78, 5) is 13.9. The molecule has 0 aromatic rings. The molecule has 1 saturated heterocycles. The second-order valence-electron chi connectivity index (χ2n) is 5.76. The standard InChI is InChI=1S/C12H24N2O/c1-10-9-14(8-7-13-10)11(15)5-6-12(2,3)4/h10,13H,5-9H2,1-4H3. The molecule has 88 valence electrons. The van der Waals surface area contributed by atoms with Crippen LogP contribution in [0, 0.1) is 5.41 Å². The monoisotopic (exact) mass is 212 g/mol. The van der Waals surface area contributed by atoms with Crippen LogP contribution in [0.1, 0.15) is 40.5 Å². The number of nitrogens with one attached hydrogen (secondary N) is 1. The molecule has 1 heterocycles. The third-order valence-corrected chi connectivity index (χ3v) is 2.81. The topological polar surface area (TPSA) is 32.3 Å². The van der Waals surface area contributed by atoms with E-state index in [0.717, 1.165) is 26.1 Å². The van der Waals surface area contributed by atoms with E-state index >= 15 is 0 Å². The molecule has 0 aliphatic carbocycles. The minimum atomic E-state index is 0.259. The number of piperazine rings is 1. The molecule has 1 amide bonds. The van der Waals surface area contributed by atoms with Crippen molar-refractivity contribution in [2.75, 3.05) is 19.6 Å². The highest BCUT2D eigenvalue weighted by atomic mass is 16.2. The third-order valence-electron chi connectivity index (χ3n) is 2.81. The Kier molecular flexibility index (Phi) is 4.14. The zero-order chi connectivity index (χ0) is 11.5. The largest absolute Gasteiger partial charge is 0.340 e. The molecule has 1 atom stereocenters. The SMILES string of the molecule is CC1CN(C(=O)CCC(C)(C)C)CCN1. The van der Waals surface area contributed by atoms with Crippen molar-refractivity contribution >= 4 is 5.91 Å². The van der Waals surface area contributed by atoms with Crippen molar-refractivity contribution in [3.05, 3.63) is 0 Å². The molecule has 0 spiro atoms. The minimum Gasteiger partial charge on any atom is -0.340 e. The van der Waals surface area contributed by atoms with Crippen molar-refractivity contribution in [3.63, 3.8) is 0 Å². The number of carbonyl (C=O) groups excluding carboxylic acids is 1. The summed E-state index contributed by atoms with van der Waals surface area (Å²) in [7, 11) is 0. The van der Waals surface area contributed by atoms with Crippen LogP contribution >= 0.6 is 0 Å². The lowest BCUT2D eigenvalue weighted by atomic mass is 9.90. The second-order valence-corrected chi connectivity index (χ2v) is 5.76. The first-order valence-electron chi connectivity index (χ1n) is 5.90. The minimum absolute atomic E-state index is 0.259. The van der Waals surface area contributed by atoms with E-state index in [2.05, 4.69) is 33.0 Å². The average molecular weight is 212 g/mol. The second kappa shape index (κ2) is 4.97. The summed E-state index contributed by atoms with van der Waals surface area (Å²) in [5, 5.41) is 3.35. The molecule has 1 N–H and O–H groups in total. The van der Waals surface area contributed by atoms with Crippen molar-refractivity contribution in [1.29, 1.82) is 0 Å². The van der Waals surface area contributed by atoms with E-state index in [4.69, 9.17) is 0 Å². The molecule has 3 heteroatoms. The van der Waals surface area contributed by atoms with Crippen LogP contribution in [0.15, 0.2) is 0 Å². The highest BCUT2D eigenvalue weighted by Gasteiger charge is 2.21. The molecule has 0 saturated carbocycles. The maximum Gasteiger partial charge on any atom is 0.222 e. The van der Waals surface area contributed by atoms with Gasteiger partial charge in [-0.1, -0.05) is 20.8 Å². The Morgan fingerprint density at radius 3 is 2.67 bits per heavy atom. The number of hydrogen-bond acceptors (Lipinski definition) is 2. The Morgan fingerprint density at radius 1 is 1.47 bits per heavy atom. The van der Waals surface area contributed by atoms with E-state index in [1.807, 2.05) is 4.90 Å². The number of hydrogen-bond donors (Lipinski definition) is 1. The van der Waals surface area contributed by atoms with Crippen molar-refractivity contribution < 1.29 is 4.79 Å². The quantitative estimate of drug-likeness (QED) is 0.754. The van der Waals surface area contributed by atoms with Crippen LogP contribution in [0.2, 0.25) is 0 Å². The fourth-order valence-electron chi connectivity index (χ4n) is 1.80. The number of nitrogens with zero attached hydrogens (tertiary/aromatic N) is 1. The van der Waals surface area contributed by atoms with Gasteiger partial charge in [0.25, 0.3) is 0 Å². The molecule has 0 aromatic heterocycles. The predicted octanol–water partition coefficient (Wildman–Crippen LogP) is 1.63. The van der Waals surface area contributed by atoms with Gasteiger partial charge in [0.1, 0.15) is 0 Å². The van der Waals surface area contributed by atoms with Gasteiger partial charge in [-0.25, -0.2) is 0 Å². The first-order valence-corrected chi connectivity index (χ1v) is 5.90. The van der Waals surface area contributed by atoms with Gasteiger partial charge in [0.05, 0.1) is 0 Å². The summed E-state index contributed by atoms with van der Waals surface area (Å²) >= 11 is 0. The van der Waals surface area contributed by atoms with E-state index in [9.17, 15) is 4.79 Å². The lowest BCUT2D eigenvalue weighted by molar-refractivity contribution is -0.132. The van der Waals surface area contributed by atoms with Crippen LogP contribution in [0.25, 0.3) is 0 Å². The molecule has 0 radical (unpaired) electrons. The smallest absolute Gasteiger partial charge is 0.222 e. The zero-order valence-electron chi connectivity index (χ0n) is 10.5. The summed E-state index contributed by atoms with van der Waals surface area (Å²) in [6, 6.07) is 0.442. The summed E-state index contributed by atoms with van der Waals surface area (Å²) in [5.74, 6) is 0.318. The van der Waals surface area contributed by atoms with Gasteiger partial charge in [0.2, 0.25) is 5.91 Å². The Bertz CT molecular complexity index is 220. The van der Waals surface area contributed by atoms with E-state index in [0.29, 0.717) is 18.4 Å². The fraction of sp³-hybridized carbons (Fsp3) is 0.917. The van der Waals surface area contributed by atoms with Crippen LogP contribution in [-0.4, -0.2) is 36.5 Å². The molecule has 15 heavy (non-hydrogen) atoms. The normalized spacial score (nSPS) is 22.9. The van der Waals surface area contributed by atoms with Gasteiger partial charge in [-0.15, -0.1) is 0 Å². The molecule has 1 rings (SSSR count). The molecule has 1 aliphatic rings. The molecule has 1 aliphatic heterocycles. The van der Waals surface area contributed by atoms with Gasteiger partial charge in [-0.3, -0.25) is 4.79 Å². The fourth-order valence-corrected chi connectivity index (χ4v) is 1.80. The Balaban J connectivity index is 2.33. The van der Waals surface area contributed by atoms with Crippen LogP contribution in [0.4, 0.5) is 0 Å². The molecule has 0 aromatic carbocycles. The van der Waals surface area contributed by atoms with E-state index < -0.39 is 0 Å². The summed E-state index contributed by atoms with van der Waals surface area (Å²) in [6.07, 6.45) is 1.67. The Labute approximate surface area is 93.2 Å². The number of carbonyl (C=O) groups is 1. The molecular weight excluding hydrogens is 188 g/mol. The van der Waals surface area contributed by atoms with Crippen molar-refractivity contribution in [2.24, 2.45) is 5.41 Å². The molecule has 3 nitrogen and oxygen atoms in total. The molecular formula is C12H24N2O. The lowest BCUT2D eigenvalue weighted by Gasteiger charge is -2.32. The first-order chi connectivity index (χ1) is 6.88. The first kappa shape index (κ1) is 12.5. The average Bonchev–Trinajstić information content (AvgIpc) is 2.13. The van der Waals surface area contributed by atoms with E-state index in [1.54, 1.807) is 0 Å². The highest BCUT2D eigenvalue weighted by molar-refractivity contribution is 5.76. The van der Waals surface area contributed by atoms with Crippen LogP contribution in [0.3, 0.4) is 0 Å². The number of amides is 1. The Hall–Kier alpha value is -0.570. The van der Waals surface area contributed by atoms with Gasteiger partial charge in [-0.2, -0.15) is 0 Å². The van der Waals surface area contributed by atoms with Gasteiger partial charge < -0.3 is 10.2 Å². The molecule has 0 bridgehead atoms. The lowest BCUT2D eigenvalue weighted by Crippen LogP contribution is -2.51. The maximum atomic E-state index is 11.9.